The zero-order valence-electron chi connectivity index (χ0n) is 28.2. The maximum atomic E-state index is 12.8. The first-order valence-electron chi connectivity index (χ1n) is 18.0. The van der Waals surface area contributed by atoms with Crippen LogP contribution in [0.25, 0.3) is 10.8 Å². The van der Waals surface area contributed by atoms with E-state index in [4.69, 9.17) is 9.47 Å². The standard InChI is InChI=1S/C41H60O3/c1-4-6-8-10-11-12-13-14-15-16-17-18-20-31-43-38-29-30-39-37(32-38)23-21-24-40(39)44-33-35-25-27-36(28-26-35)41(42)34(3)22-19-9-7-5-2/h21,23-30,32,34H,4-20,22,31,33H2,1-3H3/t34-/m1/s1. The number of ketones is 1. The van der Waals surface area contributed by atoms with Gasteiger partial charge in [-0.1, -0.05) is 160 Å². The number of ether oxygens (including phenoxy) is 2. The molecule has 3 nitrogen and oxygen atoms in total. The molecule has 0 aromatic heterocycles. The van der Waals surface area contributed by atoms with Crippen molar-refractivity contribution in [2.45, 2.75) is 143 Å². The van der Waals surface area contributed by atoms with E-state index in [1.54, 1.807) is 0 Å². The molecule has 0 aliphatic rings. The number of carbonyl (C=O) groups is 1. The number of carbonyl (C=O) groups excluding carboxylic acids is 1. The summed E-state index contributed by atoms with van der Waals surface area (Å²) in [6, 6.07) is 20.4. The monoisotopic (exact) mass is 600 g/mol. The number of rotatable bonds is 25. The van der Waals surface area contributed by atoms with E-state index >= 15 is 0 Å². The highest BCUT2D eigenvalue weighted by Crippen LogP contribution is 2.30. The zero-order valence-corrected chi connectivity index (χ0v) is 28.2. The van der Waals surface area contributed by atoms with Crippen LogP contribution in [-0.2, 0) is 6.61 Å². The van der Waals surface area contributed by atoms with Crippen molar-refractivity contribution in [3.63, 3.8) is 0 Å². The third-order valence-corrected chi connectivity index (χ3v) is 8.90. The van der Waals surface area contributed by atoms with Gasteiger partial charge in [0.1, 0.15) is 18.1 Å². The van der Waals surface area contributed by atoms with Crippen LogP contribution in [0, 0.1) is 5.92 Å². The maximum absolute atomic E-state index is 12.8. The van der Waals surface area contributed by atoms with Crippen LogP contribution in [0.5, 0.6) is 11.5 Å². The van der Waals surface area contributed by atoms with Gasteiger partial charge in [-0.15, -0.1) is 0 Å². The molecule has 0 saturated carbocycles. The second-order valence-corrected chi connectivity index (χ2v) is 12.8. The van der Waals surface area contributed by atoms with Gasteiger partial charge < -0.3 is 9.47 Å². The average Bonchev–Trinajstić information content (AvgIpc) is 3.05. The van der Waals surface area contributed by atoms with Crippen molar-refractivity contribution in [1.29, 1.82) is 0 Å². The van der Waals surface area contributed by atoms with Crippen molar-refractivity contribution in [3.05, 3.63) is 71.8 Å². The third kappa shape index (κ3) is 13.4. The van der Waals surface area contributed by atoms with Crippen molar-refractivity contribution < 1.29 is 14.3 Å². The Labute approximate surface area is 269 Å². The highest BCUT2D eigenvalue weighted by atomic mass is 16.5. The van der Waals surface area contributed by atoms with Crippen molar-refractivity contribution >= 4 is 16.6 Å². The van der Waals surface area contributed by atoms with Crippen LogP contribution in [0.2, 0.25) is 0 Å². The lowest BCUT2D eigenvalue weighted by molar-refractivity contribution is 0.0922. The summed E-state index contributed by atoms with van der Waals surface area (Å²) in [5.74, 6) is 2.11. The lowest BCUT2D eigenvalue weighted by Gasteiger charge is -2.13. The maximum Gasteiger partial charge on any atom is 0.165 e. The molecule has 0 bridgehead atoms. The minimum atomic E-state index is 0.0767. The summed E-state index contributed by atoms with van der Waals surface area (Å²) in [6.45, 7) is 7.80. The molecule has 0 amide bonds. The third-order valence-electron chi connectivity index (χ3n) is 8.90. The van der Waals surface area contributed by atoms with Crippen LogP contribution in [-0.4, -0.2) is 12.4 Å². The molecule has 3 aromatic rings. The Hall–Kier alpha value is -2.81. The van der Waals surface area contributed by atoms with Gasteiger partial charge in [-0.05, 0) is 48.1 Å². The van der Waals surface area contributed by atoms with E-state index in [0.717, 1.165) is 59.3 Å². The molecule has 0 radical (unpaired) electrons. The van der Waals surface area contributed by atoms with Gasteiger partial charge in [0, 0.05) is 16.9 Å². The Morgan fingerprint density at radius 3 is 1.86 bits per heavy atom. The normalized spacial score (nSPS) is 12.0. The first-order chi connectivity index (χ1) is 21.6. The fourth-order valence-electron chi connectivity index (χ4n) is 5.98. The summed E-state index contributed by atoms with van der Waals surface area (Å²) in [4.78, 5) is 12.8. The van der Waals surface area contributed by atoms with Gasteiger partial charge in [-0.3, -0.25) is 4.79 Å². The average molecular weight is 601 g/mol. The first kappa shape index (κ1) is 35.7. The van der Waals surface area contributed by atoms with Crippen molar-refractivity contribution in [3.8, 4) is 11.5 Å². The molecule has 0 saturated heterocycles. The Morgan fingerprint density at radius 1 is 0.636 bits per heavy atom. The second kappa shape index (κ2) is 21.8. The van der Waals surface area contributed by atoms with E-state index in [-0.39, 0.29) is 11.7 Å². The molecule has 0 heterocycles. The summed E-state index contributed by atoms with van der Waals surface area (Å²) >= 11 is 0. The minimum absolute atomic E-state index is 0.0767. The van der Waals surface area contributed by atoms with Gasteiger partial charge in [-0.25, -0.2) is 0 Å². The van der Waals surface area contributed by atoms with E-state index in [1.807, 2.05) is 36.4 Å². The number of benzene rings is 3. The van der Waals surface area contributed by atoms with Gasteiger partial charge >= 0.3 is 0 Å². The molecule has 0 aliphatic carbocycles. The van der Waals surface area contributed by atoms with Crippen molar-refractivity contribution in [1.82, 2.24) is 0 Å². The number of unbranched alkanes of at least 4 members (excludes halogenated alkanes) is 15. The first-order valence-corrected chi connectivity index (χ1v) is 18.0. The molecule has 3 aromatic carbocycles. The topological polar surface area (TPSA) is 35.5 Å². The smallest absolute Gasteiger partial charge is 0.165 e. The molecule has 0 aliphatic heterocycles. The van der Waals surface area contributed by atoms with Crippen LogP contribution < -0.4 is 9.47 Å². The molecular formula is C41H60O3. The highest BCUT2D eigenvalue weighted by molar-refractivity contribution is 5.97. The molecule has 242 valence electrons. The number of hydrogen-bond donors (Lipinski definition) is 0. The lowest BCUT2D eigenvalue weighted by Crippen LogP contribution is -2.11. The Balaban J connectivity index is 1.34. The van der Waals surface area contributed by atoms with Crippen LogP contribution in [0.4, 0.5) is 0 Å². The van der Waals surface area contributed by atoms with E-state index < -0.39 is 0 Å². The lowest BCUT2D eigenvalue weighted by atomic mass is 9.93. The van der Waals surface area contributed by atoms with E-state index in [0.29, 0.717) is 6.61 Å². The van der Waals surface area contributed by atoms with Crippen LogP contribution in [0.3, 0.4) is 0 Å². The summed E-state index contributed by atoms with van der Waals surface area (Å²) in [6.07, 6.45) is 23.5. The molecule has 0 fully saturated rings. The Bertz CT molecular complexity index is 1180. The SMILES string of the molecule is CCCCCCCCCCCCCCCOc1ccc2c(OCc3ccc(C(=O)[C@H](C)CCCCCC)cc3)cccc2c1. The minimum Gasteiger partial charge on any atom is -0.494 e. The predicted molar refractivity (Wildman–Crippen MR) is 188 cm³/mol. The summed E-state index contributed by atoms with van der Waals surface area (Å²) in [7, 11) is 0. The van der Waals surface area contributed by atoms with Gasteiger partial charge in [0.25, 0.3) is 0 Å². The highest BCUT2D eigenvalue weighted by Gasteiger charge is 2.15. The number of fused-ring (bicyclic) bond motifs is 1. The Kier molecular flexibility index (Phi) is 17.7. The fourth-order valence-corrected chi connectivity index (χ4v) is 5.98. The van der Waals surface area contributed by atoms with Gasteiger partial charge in [-0.2, -0.15) is 0 Å². The molecule has 3 heteroatoms. The summed E-state index contributed by atoms with van der Waals surface area (Å²) in [5, 5.41) is 2.21. The van der Waals surface area contributed by atoms with Gasteiger partial charge in [0.15, 0.2) is 5.78 Å². The van der Waals surface area contributed by atoms with Gasteiger partial charge in [0.2, 0.25) is 0 Å². The summed E-state index contributed by atoms with van der Waals surface area (Å²) in [5.41, 5.74) is 1.86. The van der Waals surface area contributed by atoms with Crippen LogP contribution in [0.1, 0.15) is 152 Å². The van der Waals surface area contributed by atoms with E-state index in [1.165, 1.54) is 96.3 Å². The second-order valence-electron chi connectivity index (χ2n) is 12.8. The zero-order chi connectivity index (χ0) is 31.2. The quantitative estimate of drug-likeness (QED) is 0.0717. The van der Waals surface area contributed by atoms with Crippen molar-refractivity contribution in [2.75, 3.05) is 6.61 Å². The van der Waals surface area contributed by atoms with E-state index in [9.17, 15) is 4.79 Å². The number of Topliss-reactive ketones (excluding diaryl/α,β-unsaturated/α-hetero) is 1. The van der Waals surface area contributed by atoms with E-state index in [2.05, 4.69) is 45.0 Å². The molecule has 44 heavy (non-hydrogen) atoms. The largest absolute Gasteiger partial charge is 0.494 e. The van der Waals surface area contributed by atoms with Gasteiger partial charge in [0.05, 0.1) is 6.61 Å². The van der Waals surface area contributed by atoms with Crippen LogP contribution in [0.15, 0.2) is 60.7 Å². The molecule has 0 unspecified atom stereocenters. The molecule has 3 rings (SSSR count). The number of hydrogen-bond acceptors (Lipinski definition) is 3. The fraction of sp³-hybridized carbons (Fsp3) is 0.585. The molecule has 0 N–H and O–H groups in total. The Morgan fingerprint density at radius 2 is 1.23 bits per heavy atom. The molecular weight excluding hydrogens is 540 g/mol. The summed E-state index contributed by atoms with van der Waals surface area (Å²) < 4.78 is 12.3. The molecule has 0 spiro atoms. The predicted octanol–water partition coefficient (Wildman–Crippen LogP) is 12.7. The van der Waals surface area contributed by atoms with Crippen LogP contribution >= 0.6 is 0 Å². The van der Waals surface area contributed by atoms with Crippen molar-refractivity contribution in [2.24, 2.45) is 5.92 Å². The molecule has 1 atom stereocenters.